The van der Waals surface area contributed by atoms with Gasteiger partial charge in [-0.05, 0) is 55.5 Å². The van der Waals surface area contributed by atoms with Crippen LogP contribution in [0.15, 0.2) is 29.6 Å². The van der Waals surface area contributed by atoms with Crippen molar-refractivity contribution >= 4 is 39.3 Å². The zero-order chi connectivity index (χ0) is 22.5. The molecule has 0 bridgehead atoms. The van der Waals surface area contributed by atoms with Crippen molar-refractivity contribution in [1.29, 1.82) is 0 Å². The van der Waals surface area contributed by atoms with E-state index < -0.39 is 35.6 Å². The van der Waals surface area contributed by atoms with Crippen molar-refractivity contribution < 1.29 is 19.1 Å². The van der Waals surface area contributed by atoms with Crippen molar-refractivity contribution in [3.63, 3.8) is 0 Å². The standard InChI is InChI=1S/C22H31N3O4S/c1-13(2)10-16(19(23)26)24-20(27)17(25-21(28)29-22(3,4)5)11-14-12-30-18-9-7-6-8-15(14)18/h6-9,12-13,16-17H,10-11H2,1-5H3,(H2,23,26)(H,24,27)(H,25,28)/t16-,17?/m0/s1. The molecule has 8 heteroatoms. The first-order chi connectivity index (χ1) is 14.0. The van der Waals surface area contributed by atoms with E-state index in [1.807, 2.05) is 43.5 Å². The summed E-state index contributed by atoms with van der Waals surface area (Å²) in [6.07, 6.45) is -0.00851. The quantitative estimate of drug-likeness (QED) is 0.593. The zero-order valence-corrected chi connectivity index (χ0v) is 19.0. The first-order valence-electron chi connectivity index (χ1n) is 10.0. The van der Waals surface area contributed by atoms with E-state index in [0.717, 1.165) is 15.6 Å². The summed E-state index contributed by atoms with van der Waals surface area (Å²) in [5.74, 6) is -0.907. The summed E-state index contributed by atoms with van der Waals surface area (Å²) in [5, 5.41) is 8.35. The normalized spacial score (nSPS) is 13.7. The number of thiophene rings is 1. The molecule has 3 amide bonds. The van der Waals surface area contributed by atoms with Gasteiger partial charge in [0.15, 0.2) is 0 Å². The Kier molecular flexibility index (Phi) is 7.83. The van der Waals surface area contributed by atoms with E-state index >= 15 is 0 Å². The lowest BCUT2D eigenvalue weighted by Gasteiger charge is -2.25. The molecule has 0 aliphatic heterocycles. The average molecular weight is 434 g/mol. The van der Waals surface area contributed by atoms with Gasteiger partial charge < -0.3 is 21.1 Å². The van der Waals surface area contributed by atoms with Crippen LogP contribution >= 0.6 is 11.3 Å². The lowest BCUT2D eigenvalue weighted by Crippen LogP contribution is -2.54. The third kappa shape index (κ3) is 7.02. The van der Waals surface area contributed by atoms with Crippen LogP contribution in [0.4, 0.5) is 4.79 Å². The molecule has 2 rings (SSSR count). The summed E-state index contributed by atoms with van der Waals surface area (Å²) in [7, 11) is 0. The van der Waals surface area contributed by atoms with Crippen molar-refractivity contribution in [2.24, 2.45) is 11.7 Å². The van der Waals surface area contributed by atoms with E-state index in [2.05, 4.69) is 10.6 Å². The highest BCUT2D eigenvalue weighted by molar-refractivity contribution is 7.17. The van der Waals surface area contributed by atoms with E-state index in [0.29, 0.717) is 6.42 Å². The van der Waals surface area contributed by atoms with Crippen LogP contribution in [-0.4, -0.2) is 35.6 Å². The Morgan fingerprint density at radius 2 is 1.77 bits per heavy atom. The number of primary amides is 1. The minimum absolute atomic E-state index is 0.167. The van der Waals surface area contributed by atoms with Crippen LogP contribution in [0.1, 0.15) is 46.6 Å². The first kappa shape index (κ1) is 23.7. The lowest BCUT2D eigenvalue weighted by molar-refractivity contribution is -0.128. The molecule has 1 aromatic carbocycles. The van der Waals surface area contributed by atoms with Gasteiger partial charge >= 0.3 is 6.09 Å². The number of carbonyl (C=O) groups is 3. The summed E-state index contributed by atoms with van der Waals surface area (Å²) in [6, 6.07) is 6.15. The van der Waals surface area contributed by atoms with Crippen molar-refractivity contribution in [1.82, 2.24) is 10.6 Å². The predicted molar refractivity (Wildman–Crippen MR) is 119 cm³/mol. The fraction of sp³-hybridized carbons (Fsp3) is 0.500. The third-order valence-corrected chi connectivity index (χ3v) is 5.37. The first-order valence-corrected chi connectivity index (χ1v) is 10.9. The Labute approximate surface area is 181 Å². The molecule has 0 radical (unpaired) electrons. The van der Waals surface area contributed by atoms with Crippen molar-refractivity contribution in [3.8, 4) is 0 Å². The highest BCUT2D eigenvalue weighted by atomic mass is 32.1. The molecular weight excluding hydrogens is 402 g/mol. The Morgan fingerprint density at radius 3 is 2.37 bits per heavy atom. The fourth-order valence-electron chi connectivity index (χ4n) is 3.06. The zero-order valence-electron chi connectivity index (χ0n) is 18.2. The largest absolute Gasteiger partial charge is 0.444 e. The monoisotopic (exact) mass is 433 g/mol. The number of alkyl carbamates (subject to hydrolysis) is 1. The van der Waals surface area contributed by atoms with Crippen LogP contribution in [0.3, 0.4) is 0 Å². The number of benzene rings is 1. The molecule has 1 unspecified atom stereocenters. The highest BCUT2D eigenvalue weighted by Gasteiger charge is 2.28. The molecule has 0 spiro atoms. The van der Waals surface area contributed by atoms with Crippen LogP contribution in [0.2, 0.25) is 0 Å². The maximum atomic E-state index is 13.0. The summed E-state index contributed by atoms with van der Waals surface area (Å²) in [4.78, 5) is 37.2. The molecule has 1 heterocycles. The summed E-state index contributed by atoms with van der Waals surface area (Å²) < 4.78 is 6.42. The van der Waals surface area contributed by atoms with Crippen LogP contribution in [0.5, 0.6) is 0 Å². The van der Waals surface area contributed by atoms with Gasteiger partial charge in [-0.1, -0.05) is 32.0 Å². The number of amides is 3. The maximum absolute atomic E-state index is 13.0. The number of ether oxygens (including phenoxy) is 1. The number of rotatable bonds is 8. The van der Waals surface area contributed by atoms with Crippen LogP contribution < -0.4 is 16.4 Å². The Morgan fingerprint density at radius 1 is 1.10 bits per heavy atom. The third-order valence-electron chi connectivity index (χ3n) is 4.36. The minimum atomic E-state index is -0.910. The molecule has 2 atom stereocenters. The van der Waals surface area contributed by atoms with Gasteiger partial charge in [-0.2, -0.15) is 0 Å². The van der Waals surface area contributed by atoms with Crippen molar-refractivity contribution in [2.75, 3.05) is 0 Å². The van der Waals surface area contributed by atoms with E-state index in [1.54, 1.807) is 32.1 Å². The summed E-state index contributed by atoms with van der Waals surface area (Å²) in [5.41, 5.74) is 5.70. The lowest BCUT2D eigenvalue weighted by atomic mass is 10.0. The van der Waals surface area contributed by atoms with Gasteiger partial charge in [0.25, 0.3) is 0 Å². The van der Waals surface area contributed by atoms with E-state index in [4.69, 9.17) is 10.5 Å². The van der Waals surface area contributed by atoms with Crippen molar-refractivity contribution in [3.05, 3.63) is 35.2 Å². The summed E-state index contributed by atoms with van der Waals surface area (Å²) >= 11 is 1.57. The molecule has 0 saturated heterocycles. The number of hydrogen-bond donors (Lipinski definition) is 3. The average Bonchev–Trinajstić information content (AvgIpc) is 3.01. The predicted octanol–water partition coefficient (Wildman–Crippen LogP) is 3.35. The van der Waals surface area contributed by atoms with E-state index in [1.165, 1.54) is 0 Å². The van der Waals surface area contributed by atoms with E-state index in [9.17, 15) is 14.4 Å². The van der Waals surface area contributed by atoms with Crippen LogP contribution in [0, 0.1) is 5.92 Å². The molecule has 2 aromatic rings. The topological polar surface area (TPSA) is 111 Å². The number of hydrogen-bond acceptors (Lipinski definition) is 5. The van der Waals surface area contributed by atoms with Gasteiger partial charge in [-0.25, -0.2) is 4.79 Å². The molecule has 4 N–H and O–H groups in total. The summed E-state index contributed by atoms with van der Waals surface area (Å²) in [6.45, 7) is 9.13. The number of nitrogens with two attached hydrogens (primary N) is 1. The second-order valence-electron chi connectivity index (χ2n) is 8.75. The molecule has 30 heavy (non-hydrogen) atoms. The molecule has 7 nitrogen and oxygen atoms in total. The van der Waals surface area contributed by atoms with Gasteiger partial charge in [-0.15, -0.1) is 11.3 Å². The SMILES string of the molecule is CC(C)C[C@H](NC(=O)C(Cc1csc2ccccc12)NC(=O)OC(C)(C)C)C(N)=O. The molecule has 0 fully saturated rings. The van der Waals surface area contributed by atoms with Gasteiger partial charge in [0.05, 0.1) is 0 Å². The highest BCUT2D eigenvalue weighted by Crippen LogP contribution is 2.26. The molecule has 0 saturated carbocycles. The Bertz CT molecular complexity index is 901. The van der Waals surface area contributed by atoms with Gasteiger partial charge in [0.1, 0.15) is 17.7 Å². The van der Waals surface area contributed by atoms with Crippen LogP contribution in [-0.2, 0) is 20.7 Å². The van der Waals surface area contributed by atoms with E-state index in [-0.39, 0.29) is 12.3 Å². The van der Waals surface area contributed by atoms with Gasteiger partial charge in [0.2, 0.25) is 11.8 Å². The van der Waals surface area contributed by atoms with Crippen molar-refractivity contribution in [2.45, 2.75) is 65.1 Å². The fourth-order valence-corrected chi connectivity index (χ4v) is 4.04. The Hall–Kier alpha value is -2.61. The van der Waals surface area contributed by atoms with Gasteiger partial charge in [-0.3, -0.25) is 9.59 Å². The smallest absolute Gasteiger partial charge is 0.408 e. The molecule has 1 aromatic heterocycles. The molecule has 0 aliphatic rings. The molecule has 0 aliphatic carbocycles. The minimum Gasteiger partial charge on any atom is -0.444 e. The second kappa shape index (κ2) is 9.93. The Balaban J connectivity index is 2.24. The number of carbonyl (C=O) groups excluding carboxylic acids is 3. The number of fused-ring (bicyclic) bond motifs is 1. The van der Waals surface area contributed by atoms with Crippen LogP contribution in [0.25, 0.3) is 10.1 Å². The van der Waals surface area contributed by atoms with Gasteiger partial charge in [0, 0.05) is 11.1 Å². The second-order valence-corrected chi connectivity index (χ2v) is 9.66. The molecule has 164 valence electrons. The number of nitrogens with one attached hydrogen (secondary N) is 2. The molecular formula is C22H31N3O4S. The maximum Gasteiger partial charge on any atom is 0.408 e.